The van der Waals surface area contributed by atoms with E-state index in [4.69, 9.17) is 5.11 Å². The Morgan fingerprint density at radius 2 is 1.95 bits per heavy atom. The number of aromatic nitrogens is 2. The average Bonchev–Trinajstić information content (AvgIpc) is 2.41. The Bertz CT molecular complexity index is 581. The Balaban J connectivity index is 2.14. The Kier molecular flexibility index (Phi) is 3.75. The number of anilines is 1. The van der Waals surface area contributed by atoms with Crippen LogP contribution >= 0.6 is 0 Å². The third-order valence-electron chi connectivity index (χ3n) is 2.93. The van der Waals surface area contributed by atoms with Crippen molar-refractivity contribution in [1.29, 1.82) is 0 Å². The lowest BCUT2D eigenvalue weighted by atomic mass is 10.1. The van der Waals surface area contributed by atoms with Crippen LogP contribution in [0.5, 0.6) is 0 Å². The Labute approximate surface area is 111 Å². The lowest BCUT2D eigenvalue weighted by Gasteiger charge is -2.18. The van der Waals surface area contributed by atoms with Crippen LogP contribution in [0.3, 0.4) is 0 Å². The van der Waals surface area contributed by atoms with E-state index in [9.17, 15) is 4.79 Å². The number of carbonyl (C=O) groups is 1. The molecule has 98 valence electrons. The second-order valence-corrected chi connectivity index (χ2v) is 4.36. The first-order valence-corrected chi connectivity index (χ1v) is 5.90. The number of aromatic carboxylic acids is 1. The molecular weight excluding hydrogens is 242 g/mol. The molecule has 0 aliphatic heterocycles. The highest BCUT2D eigenvalue weighted by molar-refractivity contribution is 5.85. The van der Waals surface area contributed by atoms with E-state index in [0.717, 1.165) is 0 Å². The monoisotopic (exact) mass is 257 g/mol. The van der Waals surface area contributed by atoms with Crippen molar-refractivity contribution in [3.8, 4) is 0 Å². The highest BCUT2D eigenvalue weighted by Crippen LogP contribution is 2.14. The predicted molar refractivity (Wildman–Crippen MR) is 72.3 cm³/mol. The highest BCUT2D eigenvalue weighted by atomic mass is 16.4. The molecule has 0 fully saturated rings. The summed E-state index contributed by atoms with van der Waals surface area (Å²) in [5, 5.41) is 16.4. The molecule has 5 heteroatoms. The SMILES string of the molecule is Cc1ccccc1CN(C)c1ccc(C(=O)O)nn1. The van der Waals surface area contributed by atoms with Crippen molar-refractivity contribution in [3.63, 3.8) is 0 Å². The first kappa shape index (κ1) is 13.0. The van der Waals surface area contributed by atoms with Gasteiger partial charge in [0, 0.05) is 13.6 Å². The Hall–Kier alpha value is -2.43. The quantitative estimate of drug-likeness (QED) is 0.908. The maximum absolute atomic E-state index is 10.7. The van der Waals surface area contributed by atoms with Gasteiger partial charge in [-0.1, -0.05) is 24.3 Å². The van der Waals surface area contributed by atoms with Crippen LogP contribution < -0.4 is 4.90 Å². The maximum atomic E-state index is 10.7. The van der Waals surface area contributed by atoms with Crippen molar-refractivity contribution in [2.24, 2.45) is 0 Å². The fraction of sp³-hybridized carbons (Fsp3) is 0.214. The molecule has 0 aliphatic carbocycles. The van der Waals surface area contributed by atoms with Crippen molar-refractivity contribution in [2.75, 3.05) is 11.9 Å². The van der Waals surface area contributed by atoms with Gasteiger partial charge in [-0.15, -0.1) is 10.2 Å². The molecule has 0 saturated heterocycles. The van der Waals surface area contributed by atoms with Gasteiger partial charge in [0.15, 0.2) is 11.5 Å². The van der Waals surface area contributed by atoms with Crippen molar-refractivity contribution in [2.45, 2.75) is 13.5 Å². The molecule has 0 atom stereocenters. The van der Waals surface area contributed by atoms with E-state index in [1.165, 1.54) is 17.2 Å². The zero-order chi connectivity index (χ0) is 13.8. The molecule has 2 rings (SSSR count). The molecule has 0 saturated carbocycles. The van der Waals surface area contributed by atoms with Gasteiger partial charge >= 0.3 is 5.97 Å². The van der Waals surface area contributed by atoms with Gasteiger partial charge in [-0.05, 0) is 30.2 Å². The van der Waals surface area contributed by atoms with Crippen molar-refractivity contribution < 1.29 is 9.90 Å². The number of rotatable bonds is 4. The number of carboxylic acid groups (broad SMARTS) is 1. The summed E-state index contributed by atoms with van der Waals surface area (Å²) in [6.07, 6.45) is 0. The highest BCUT2D eigenvalue weighted by Gasteiger charge is 2.09. The van der Waals surface area contributed by atoms with Crippen LogP contribution in [-0.4, -0.2) is 28.3 Å². The Morgan fingerprint density at radius 3 is 2.53 bits per heavy atom. The van der Waals surface area contributed by atoms with Gasteiger partial charge in [0.2, 0.25) is 0 Å². The van der Waals surface area contributed by atoms with Crippen LogP contribution in [0.1, 0.15) is 21.6 Å². The Morgan fingerprint density at radius 1 is 1.21 bits per heavy atom. The van der Waals surface area contributed by atoms with Crippen molar-refractivity contribution in [3.05, 3.63) is 53.2 Å². The van der Waals surface area contributed by atoms with Crippen LogP contribution in [0.25, 0.3) is 0 Å². The van der Waals surface area contributed by atoms with E-state index in [2.05, 4.69) is 29.3 Å². The molecule has 0 bridgehead atoms. The lowest BCUT2D eigenvalue weighted by molar-refractivity contribution is 0.0689. The molecule has 0 unspecified atom stereocenters. The van der Waals surface area contributed by atoms with E-state index < -0.39 is 5.97 Å². The number of benzene rings is 1. The molecule has 1 heterocycles. The summed E-state index contributed by atoms with van der Waals surface area (Å²) in [6, 6.07) is 11.2. The summed E-state index contributed by atoms with van der Waals surface area (Å²) in [5.74, 6) is -0.422. The molecule has 1 N–H and O–H groups in total. The van der Waals surface area contributed by atoms with E-state index in [1.54, 1.807) is 6.07 Å². The molecule has 0 amide bonds. The first-order valence-electron chi connectivity index (χ1n) is 5.90. The van der Waals surface area contributed by atoms with Gasteiger partial charge in [-0.25, -0.2) is 4.79 Å². The van der Waals surface area contributed by atoms with Crippen LogP contribution in [0.4, 0.5) is 5.82 Å². The van der Waals surface area contributed by atoms with Crippen LogP contribution in [0.2, 0.25) is 0 Å². The van der Waals surface area contributed by atoms with Gasteiger partial charge in [0.25, 0.3) is 0 Å². The second kappa shape index (κ2) is 5.48. The lowest BCUT2D eigenvalue weighted by Crippen LogP contribution is -2.19. The molecule has 19 heavy (non-hydrogen) atoms. The van der Waals surface area contributed by atoms with Crippen LogP contribution in [-0.2, 0) is 6.54 Å². The van der Waals surface area contributed by atoms with Crippen molar-refractivity contribution >= 4 is 11.8 Å². The molecule has 2 aromatic rings. The summed E-state index contributed by atoms with van der Waals surface area (Å²) >= 11 is 0. The zero-order valence-electron chi connectivity index (χ0n) is 10.9. The fourth-order valence-corrected chi connectivity index (χ4v) is 1.77. The van der Waals surface area contributed by atoms with E-state index in [1.807, 2.05) is 24.1 Å². The number of hydrogen-bond donors (Lipinski definition) is 1. The summed E-state index contributed by atoms with van der Waals surface area (Å²) in [5.41, 5.74) is 2.37. The molecule has 0 aliphatic rings. The zero-order valence-corrected chi connectivity index (χ0v) is 10.9. The summed E-state index contributed by atoms with van der Waals surface area (Å²) in [7, 11) is 1.90. The van der Waals surface area contributed by atoms with Crippen LogP contribution in [0, 0.1) is 6.92 Å². The van der Waals surface area contributed by atoms with Crippen molar-refractivity contribution in [1.82, 2.24) is 10.2 Å². The summed E-state index contributed by atoms with van der Waals surface area (Å²) in [4.78, 5) is 12.6. The standard InChI is InChI=1S/C14H15N3O2/c1-10-5-3-4-6-11(10)9-17(2)13-8-7-12(14(18)19)15-16-13/h3-8H,9H2,1-2H3,(H,18,19). The summed E-state index contributed by atoms with van der Waals surface area (Å²) in [6.45, 7) is 2.76. The van der Waals surface area contributed by atoms with E-state index in [-0.39, 0.29) is 5.69 Å². The third-order valence-corrected chi connectivity index (χ3v) is 2.93. The second-order valence-electron chi connectivity index (χ2n) is 4.36. The van der Waals surface area contributed by atoms with E-state index in [0.29, 0.717) is 12.4 Å². The summed E-state index contributed by atoms with van der Waals surface area (Å²) < 4.78 is 0. The normalized spacial score (nSPS) is 10.2. The minimum absolute atomic E-state index is 0.0481. The third kappa shape index (κ3) is 3.07. The fourth-order valence-electron chi connectivity index (χ4n) is 1.77. The molecule has 0 spiro atoms. The minimum atomic E-state index is -1.07. The van der Waals surface area contributed by atoms with Gasteiger partial charge < -0.3 is 10.0 Å². The van der Waals surface area contributed by atoms with Crippen LogP contribution in [0.15, 0.2) is 36.4 Å². The molecular formula is C14H15N3O2. The van der Waals surface area contributed by atoms with E-state index >= 15 is 0 Å². The van der Waals surface area contributed by atoms with Gasteiger partial charge in [-0.3, -0.25) is 0 Å². The number of nitrogens with zero attached hydrogens (tertiary/aromatic N) is 3. The molecule has 1 aromatic carbocycles. The molecule has 0 radical (unpaired) electrons. The number of carboxylic acids is 1. The van der Waals surface area contributed by atoms with Gasteiger partial charge in [-0.2, -0.15) is 0 Å². The predicted octanol–water partition coefficient (Wildman–Crippen LogP) is 2.12. The maximum Gasteiger partial charge on any atom is 0.356 e. The smallest absolute Gasteiger partial charge is 0.356 e. The molecule has 1 aromatic heterocycles. The average molecular weight is 257 g/mol. The topological polar surface area (TPSA) is 66.3 Å². The first-order chi connectivity index (χ1) is 9.08. The van der Waals surface area contributed by atoms with Gasteiger partial charge in [0.1, 0.15) is 0 Å². The minimum Gasteiger partial charge on any atom is -0.476 e. The number of hydrogen-bond acceptors (Lipinski definition) is 4. The largest absolute Gasteiger partial charge is 0.476 e. The van der Waals surface area contributed by atoms with Gasteiger partial charge in [0.05, 0.1) is 0 Å². The molecule has 5 nitrogen and oxygen atoms in total. The number of aryl methyl sites for hydroxylation is 1.